The van der Waals surface area contributed by atoms with E-state index in [0.29, 0.717) is 17.2 Å². The molecule has 0 heterocycles. The molecule has 0 spiro atoms. The fraction of sp³-hybridized carbons (Fsp3) is 0.208. The molecule has 3 nitrogen and oxygen atoms in total. The second kappa shape index (κ2) is 9.43. The van der Waals surface area contributed by atoms with E-state index in [1.165, 1.54) is 5.56 Å². The molecule has 0 saturated carbocycles. The molecule has 0 bridgehead atoms. The van der Waals surface area contributed by atoms with Gasteiger partial charge in [0.15, 0.2) is 6.10 Å². The van der Waals surface area contributed by atoms with Crippen LogP contribution in [0.25, 0.3) is 0 Å². The van der Waals surface area contributed by atoms with Crippen molar-refractivity contribution in [3.05, 3.63) is 101 Å². The highest BCUT2D eigenvalue weighted by Gasteiger charge is 2.24. The first-order valence-electron chi connectivity index (χ1n) is 9.41. The largest absolute Gasteiger partial charge is 0.479 e. The van der Waals surface area contributed by atoms with E-state index >= 15 is 0 Å². The molecule has 3 rings (SSSR count). The fourth-order valence-electron chi connectivity index (χ4n) is 3.01. The van der Waals surface area contributed by atoms with Crippen LogP contribution in [0, 0.1) is 6.92 Å². The van der Waals surface area contributed by atoms with Crippen molar-refractivity contribution in [1.82, 2.24) is 5.32 Å². The third-order valence-corrected chi connectivity index (χ3v) is 4.91. The first-order valence-corrected chi connectivity index (χ1v) is 9.79. The Morgan fingerprint density at radius 2 is 1.54 bits per heavy atom. The zero-order valence-corrected chi connectivity index (χ0v) is 16.8. The number of rotatable bonds is 7. The first kappa shape index (κ1) is 20.0. The monoisotopic (exact) mass is 393 g/mol. The van der Waals surface area contributed by atoms with E-state index < -0.39 is 6.10 Å². The summed E-state index contributed by atoms with van der Waals surface area (Å²) in [6.07, 6.45) is -0.0940. The zero-order chi connectivity index (χ0) is 19.9. The molecule has 0 aliphatic carbocycles. The van der Waals surface area contributed by atoms with E-state index in [-0.39, 0.29) is 11.9 Å². The van der Waals surface area contributed by atoms with Crippen LogP contribution in [0.4, 0.5) is 0 Å². The summed E-state index contributed by atoms with van der Waals surface area (Å²) in [5.41, 5.74) is 3.22. The van der Waals surface area contributed by atoms with E-state index in [1.54, 1.807) is 12.1 Å². The van der Waals surface area contributed by atoms with Crippen molar-refractivity contribution < 1.29 is 9.53 Å². The van der Waals surface area contributed by atoms with Crippen LogP contribution in [-0.4, -0.2) is 12.0 Å². The standard InChI is InChI=1S/C24H24ClNO2/c1-3-21(28-22-12-8-7-11-20(22)25)24(27)26-23(18-9-5-4-6-10-18)19-15-13-17(2)14-16-19/h4-16,21,23H,3H2,1-2H3,(H,26,27)/t21-,23-/m1/s1. The van der Waals surface area contributed by atoms with E-state index in [2.05, 4.69) is 17.4 Å². The van der Waals surface area contributed by atoms with Crippen LogP contribution in [0.3, 0.4) is 0 Å². The van der Waals surface area contributed by atoms with Crippen LogP contribution in [0.15, 0.2) is 78.9 Å². The molecule has 4 heteroatoms. The number of ether oxygens (including phenoxy) is 1. The number of halogens is 1. The average molecular weight is 394 g/mol. The molecule has 0 aromatic heterocycles. The van der Waals surface area contributed by atoms with E-state index in [0.717, 1.165) is 11.1 Å². The molecule has 0 radical (unpaired) electrons. The fourth-order valence-corrected chi connectivity index (χ4v) is 3.19. The van der Waals surface area contributed by atoms with Gasteiger partial charge < -0.3 is 10.1 Å². The molecule has 3 aromatic carbocycles. The molecule has 0 aliphatic rings. The summed E-state index contributed by atoms with van der Waals surface area (Å²) in [7, 11) is 0. The predicted octanol–water partition coefficient (Wildman–Crippen LogP) is 5.71. The Balaban J connectivity index is 1.83. The number of carbonyl (C=O) groups is 1. The van der Waals surface area contributed by atoms with Gasteiger partial charge >= 0.3 is 0 Å². The third-order valence-electron chi connectivity index (χ3n) is 4.60. The summed E-state index contributed by atoms with van der Waals surface area (Å²) in [5, 5.41) is 3.65. The Morgan fingerprint density at radius 3 is 2.18 bits per heavy atom. The minimum atomic E-state index is -0.628. The summed E-state index contributed by atoms with van der Waals surface area (Å²) in [6.45, 7) is 3.97. The smallest absolute Gasteiger partial charge is 0.261 e. The summed E-state index contributed by atoms with van der Waals surface area (Å²) < 4.78 is 5.90. The van der Waals surface area contributed by atoms with Gasteiger partial charge in [-0.05, 0) is 36.6 Å². The molecule has 1 N–H and O–H groups in total. The number of carbonyl (C=O) groups excluding carboxylic acids is 1. The molecule has 0 fully saturated rings. The second-order valence-electron chi connectivity index (χ2n) is 6.71. The van der Waals surface area contributed by atoms with Gasteiger partial charge in [-0.25, -0.2) is 0 Å². The molecular weight excluding hydrogens is 370 g/mol. The van der Waals surface area contributed by atoms with E-state index in [4.69, 9.17) is 16.3 Å². The van der Waals surface area contributed by atoms with Crippen LogP contribution < -0.4 is 10.1 Å². The first-order chi connectivity index (χ1) is 13.6. The van der Waals surface area contributed by atoms with Gasteiger partial charge in [0.2, 0.25) is 0 Å². The molecule has 144 valence electrons. The van der Waals surface area contributed by atoms with Crippen molar-refractivity contribution >= 4 is 17.5 Å². The van der Waals surface area contributed by atoms with Crippen molar-refractivity contribution in [2.24, 2.45) is 0 Å². The van der Waals surface area contributed by atoms with Crippen molar-refractivity contribution in [3.63, 3.8) is 0 Å². The Labute approximate surface area is 171 Å². The van der Waals surface area contributed by atoms with Crippen molar-refractivity contribution in [2.45, 2.75) is 32.4 Å². The van der Waals surface area contributed by atoms with Crippen LogP contribution in [-0.2, 0) is 4.79 Å². The lowest BCUT2D eigenvalue weighted by Crippen LogP contribution is -2.40. The summed E-state index contributed by atoms with van der Waals surface area (Å²) in [4.78, 5) is 13.0. The van der Waals surface area contributed by atoms with Crippen molar-refractivity contribution in [2.75, 3.05) is 0 Å². The maximum atomic E-state index is 13.0. The van der Waals surface area contributed by atoms with E-state index in [9.17, 15) is 4.79 Å². The quantitative estimate of drug-likeness (QED) is 0.558. The van der Waals surface area contributed by atoms with Crippen LogP contribution >= 0.6 is 11.6 Å². The second-order valence-corrected chi connectivity index (χ2v) is 7.12. The highest BCUT2D eigenvalue weighted by atomic mass is 35.5. The molecular formula is C24H24ClNO2. The third kappa shape index (κ3) is 4.93. The number of hydrogen-bond donors (Lipinski definition) is 1. The average Bonchev–Trinajstić information content (AvgIpc) is 2.72. The van der Waals surface area contributed by atoms with Gasteiger partial charge in [-0.15, -0.1) is 0 Å². The lowest BCUT2D eigenvalue weighted by molar-refractivity contribution is -0.128. The van der Waals surface area contributed by atoms with Crippen LogP contribution in [0.5, 0.6) is 5.75 Å². The van der Waals surface area contributed by atoms with E-state index in [1.807, 2.05) is 68.4 Å². The summed E-state index contributed by atoms with van der Waals surface area (Å²) in [5.74, 6) is 0.342. The van der Waals surface area contributed by atoms with Crippen molar-refractivity contribution in [3.8, 4) is 5.75 Å². The van der Waals surface area contributed by atoms with Crippen molar-refractivity contribution in [1.29, 1.82) is 0 Å². The number of para-hydroxylation sites is 1. The van der Waals surface area contributed by atoms with Gasteiger partial charge in [-0.2, -0.15) is 0 Å². The summed E-state index contributed by atoms with van der Waals surface area (Å²) >= 11 is 6.19. The molecule has 0 saturated heterocycles. The normalized spacial score (nSPS) is 12.8. The number of nitrogens with one attached hydrogen (secondary N) is 1. The topological polar surface area (TPSA) is 38.3 Å². The number of amides is 1. The number of aryl methyl sites for hydroxylation is 1. The Kier molecular flexibility index (Phi) is 6.72. The maximum absolute atomic E-state index is 13.0. The van der Waals surface area contributed by atoms with Gasteiger partial charge in [-0.1, -0.05) is 90.8 Å². The molecule has 28 heavy (non-hydrogen) atoms. The molecule has 1 amide bonds. The maximum Gasteiger partial charge on any atom is 0.261 e. The molecule has 3 aromatic rings. The Morgan fingerprint density at radius 1 is 0.929 bits per heavy atom. The summed E-state index contributed by atoms with van der Waals surface area (Å²) in [6, 6.07) is 25.1. The van der Waals surface area contributed by atoms with Gasteiger partial charge in [0.25, 0.3) is 5.91 Å². The zero-order valence-electron chi connectivity index (χ0n) is 16.1. The lowest BCUT2D eigenvalue weighted by atomic mass is 9.97. The molecule has 0 aliphatic heterocycles. The van der Waals surface area contributed by atoms with Crippen LogP contribution in [0.1, 0.15) is 36.1 Å². The van der Waals surface area contributed by atoms with Gasteiger partial charge in [-0.3, -0.25) is 4.79 Å². The number of benzene rings is 3. The Bertz CT molecular complexity index is 909. The Hall–Kier alpha value is -2.78. The molecule has 2 atom stereocenters. The minimum Gasteiger partial charge on any atom is -0.479 e. The van der Waals surface area contributed by atoms with Gasteiger partial charge in [0.1, 0.15) is 5.75 Å². The number of hydrogen-bond acceptors (Lipinski definition) is 2. The highest BCUT2D eigenvalue weighted by Crippen LogP contribution is 2.26. The lowest BCUT2D eigenvalue weighted by Gasteiger charge is -2.24. The minimum absolute atomic E-state index is 0.170. The van der Waals surface area contributed by atoms with Gasteiger partial charge in [0, 0.05) is 0 Å². The molecule has 0 unspecified atom stereocenters. The van der Waals surface area contributed by atoms with Crippen LogP contribution in [0.2, 0.25) is 5.02 Å². The highest BCUT2D eigenvalue weighted by molar-refractivity contribution is 6.32. The van der Waals surface area contributed by atoms with Gasteiger partial charge in [0.05, 0.1) is 11.1 Å². The predicted molar refractivity (Wildman–Crippen MR) is 114 cm³/mol. The SMILES string of the molecule is CC[C@@H](Oc1ccccc1Cl)C(=O)N[C@H](c1ccccc1)c1ccc(C)cc1.